The number of imidazole rings is 1. The molecule has 4 heterocycles. The number of nitrogen functional groups attached to an aromatic ring is 1. The van der Waals surface area contributed by atoms with Crippen LogP contribution in [0.15, 0.2) is 74.0 Å². The molecule has 1 aliphatic rings. The van der Waals surface area contributed by atoms with Gasteiger partial charge in [-0.2, -0.15) is 0 Å². The Kier molecular flexibility index (Phi) is 6.46. The van der Waals surface area contributed by atoms with Gasteiger partial charge < -0.3 is 16.4 Å². The van der Waals surface area contributed by atoms with E-state index in [2.05, 4.69) is 43.7 Å². The van der Waals surface area contributed by atoms with Gasteiger partial charge in [0.25, 0.3) is 0 Å². The Morgan fingerprint density at radius 2 is 1.92 bits per heavy atom. The number of anilines is 3. The predicted octanol–water partition coefficient (Wildman–Crippen LogP) is 5.39. The molecule has 38 heavy (non-hydrogen) atoms. The van der Waals surface area contributed by atoms with Crippen LogP contribution in [0.25, 0.3) is 17.1 Å². The maximum atomic E-state index is 15.8. The topological polar surface area (TPSA) is 130 Å². The second-order valence-electron chi connectivity index (χ2n) is 9.35. The summed E-state index contributed by atoms with van der Waals surface area (Å²) < 4.78 is 17.6. The van der Waals surface area contributed by atoms with Crippen molar-refractivity contribution in [1.29, 1.82) is 5.41 Å². The summed E-state index contributed by atoms with van der Waals surface area (Å²) in [5.74, 6) is 0.413. The largest absolute Gasteiger partial charge is 0.397 e. The van der Waals surface area contributed by atoms with Crippen molar-refractivity contribution in [3.8, 4) is 17.1 Å². The lowest BCUT2D eigenvalue weighted by Crippen LogP contribution is -2.16. The molecule has 5 rings (SSSR count). The van der Waals surface area contributed by atoms with Crippen LogP contribution >= 0.6 is 0 Å². The Hall–Kier alpha value is -4.86. The highest BCUT2D eigenvalue weighted by atomic mass is 19.1. The summed E-state index contributed by atoms with van der Waals surface area (Å²) in [5.41, 5.74) is 10.5. The highest BCUT2D eigenvalue weighted by Gasteiger charge is 2.25. The van der Waals surface area contributed by atoms with Crippen molar-refractivity contribution in [1.82, 2.24) is 24.5 Å². The van der Waals surface area contributed by atoms with Crippen LogP contribution in [0.4, 0.5) is 21.5 Å². The zero-order valence-electron chi connectivity index (χ0n) is 21.2. The van der Waals surface area contributed by atoms with Crippen molar-refractivity contribution in [3.05, 3.63) is 96.6 Å². The molecule has 1 aliphatic carbocycles. The number of hydrogen-bond acceptors (Lipinski definition) is 8. The number of aryl methyl sites for hydroxylation is 1. The van der Waals surface area contributed by atoms with Crippen molar-refractivity contribution in [3.63, 3.8) is 0 Å². The van der Waals surface area contributed by atoms with Crippen molar-refractivity contribution in [2.24, 2.45) is 5.92 Å². The lowest BCUT2D eigenvalue weighted by atomic mass is 10.0. The Labute approximate surface area is 219 Å². The second kappa shape index (κ2) is 9.89. The fourth-order valence-corrected chi connectivity index (χ4v) is 4.15. The average Bonchev–Trinajstić information content (AvgIpc) is 3.66. The summed E-state index contributed by atoms with van der Waals surface area (Å²) in [6, 6.07) is 3.51. The fourth-order valence-electron chi connectivity index (χ4n) is 4.15. The van der Waals surface area contributed by atoms with E-state index in [0.717, 1.165) is 29.8 Å². The first-order valence-electron chi connectivity index (χ1n) is 12.1. The monoisotopic (exact) mass is 509 g/mol. The minimum absolute atomic E-state index is 0.0320. The number of nitrogens with zero attached hydrogens (tertiary/aromatic N) is 5. The number of aromatic nitrogens is 5. The lowest BCUT2D eigenvalue weighted by molar-refractivity contribution is 0.624. The Balaban J connectivity index is 1.41. The van der Waals surface area contributed by atoms with Crippen LogP contribution in [0.5, 0.6) is 0 Å². The van der Waals surface area contributed by atoms with Gasteiger partial charge in [-0.05, 0) is 44.7 Å². The molecule has 0 amide bonds. The second-order valence-corrected chi connectivity index (χ2v) is 9.35. The quantitative estimate of drug-likeness (QED) is 0.223. The molecule has 0 unspecified atom stereocenters. The Morgan fingerprint density at radius 3 is 2.63 bits per heavy atom. The average molecular weight is 510 g/mol. The SMILES string of the molecule is C=C(Nc1ccnc(-n2cnc(C)c2)c1C)C(=N)c1c(N)cnc(-c2cncc(NC(=C)C3CC3)c2)c1F. The van der Waals surface area contributed by atoms with Crippen LogP contribution in [0.1, 0.15) is 29.7 Å². The Morgan fingerprint density at radius 1 is 1.13 bits per heavy atom. The molecule has 4 aromatic rings. The van der Waals surface area contributed by atoms with E-state index in [0.29, 0.717) is 28.7 Å². The molecule has 192 valence electrons. The van der Waals surface area contributed by atoms with E-state index in [4.69, 9.17) is 11.1 Å². The zero-order chi connectivity index (χ0) is 27.0. The first-order chi connectivity index (χ1) is 18.2. The molecule has 0 radical (unpaired) electrons. The molecular weight excluding hydrogens is 481 g/mol. The zero-order valence-corrected chi connectivity index (χ0v) is 21.2. The third-order valence-electron chi connectivity index (χ3n) is 6.41. The van der Waals surface area contributed by atoms with E-state index in [1.807, 2.05) is 24.6 Å². The normalized spacial score (nSPS) is 12.7. The third-order valence-corrected chi connectivity index (χ3v) is 6.41. The summed E-state index contributed by atoms with van der Waals surface area (Å²) in [6.07, 6.45) is 11.9. The molecule has 0 spiro atoms. The number of pyridine rings is 3. The van der Waals surface area contributed by atoms with Crippen LogP contribution < -0.4 is 16.4 Å². The van der Waals surface area contributed by atoms with Gasteiger partial charge in [-0.25, -0.2) is 14.4 Å². The molecule has 1 saturated carbocycles. The highest BCUT2D eigenvalue weighted by molar-refractivity contribution is 6.15. The van der Waals surface area contributed by atoms with E-state index in [9.17, 15) is 0 Å². The Bertz CT molecular complexity index is 1580. The van der Waals surface area contributed by atoms with Gasteiger partial charge in [-0.1, -0.05) is 13.2 Å². The first kappa shape index (κ1) is 24.8. The minimum Gasteiger partial charge on any atom is -0.397 e. The molecule has 0 saturated heterocycles. The maximum Gasteiger partial charge on any atom is 0.161 e. The summed E-state index contributed by atoms with van der Waals surface area (Å²) in [7, 11) is 0. The van der Waals surface area contributed by atoms with Crippen molar-refractivity contribution < 1.29 is 4.39 Å². The van der Waals surface area contributed by atoms with E-state index < -0.39 is 5.82 Å². The van der Waals surface area contributed by atoms with Gasteiger partial charge in [-0.15, -0.1) is 0 Å². The number of nitrogens with one attached hydrogen (secondary N) is 3. The van der Waals surface area contributed by atoms with Crippen LogP contribution in [0.2, 0.25) is 0 Å². The molecule has 5 N–H and O–H groups in total. The molecule has 9 nitrogen and oxygen atoms in total. The van der Waals surface area contributed by atoms with E-state index in [1.54, 1.807) is 30.9 Å². The third kappa shape index (κ3) is 4.88. The predicted molar refractivity (Wildman–Crippen MR) is 148 cm³/mol. The van der Waals surface area contributed by atoms with Crippen molar-refractivity contribution >= 4 is 22.8 Å². The van der Waals surface area contributed by atoms with Gasteiger partial charge in [0.1, 0.15) is 17.8 Å². The van der Waals surface area contributed by atoms with E-state index >= 15 is 4.39 Å². The summed E-state index contributed by atoms with van der Waals surface area (Å²) in [6.45, 7) is 11.8. The maximum absolute atomic E-state index is 15.8. The molecular formula is C28H28FN9. The van der Waals surface area contributed by atoms with E-state index in [-0.39, 0.29) is 28.4 Å². The van der Waals surface area contributed by atoms with Crippen LogP contribution in [-0.2, 0) is 0 Å². The highest BCUT2D eigenvalue weighted by Crippen LogP contribution is 2.36. The molecule has 0 atom stereocenters. The van der Waals surface area contributed by atoms with Gasteiger partial charge in [-0.3, -0.25) is 19.9 Å². The molecule has 1 fully saturated rings. The number of rotatable bonds is 9. The van der Waals surface area contributed by atoms with Gasteiger partial charge in [0.15, 0.2) is 5.82 Å². The van der Waals surface area contributed by atoms with Gasteiger partial charge >= 0.3 is 0 Å². The minimum atomic E-state index is -0.723. The van der Waals surface area contributed by atoms with Crippen LogP contribution in [0, 0.1) is 31.0 Å². The van der Waals surface area contributed by atoms with Gasteiger partial charge in [0, 0.05) is 41.1 Å². The summed E-state index contributed by atoms with van der Waals surface area (Å²) in [4.78, 5) is 17.1. The lowest BCUT2D eigenvalue weighted by Gasteiger charge is -2.17. The van der Waals surface area contributed by atoms with Crippen molar-refractivity contribution in [2.45, 2.75) is 26.7 Å². The number of hydrogen-bond donors (Lipinski definition) is 4. The molecule has 0 aliphatic heterocycles. The van der Waals surface area contributed by atoms with Gasteiger partial charge in [0.2, 0.25) is 0 Å². The number of allylic oxidation sites excluding steroid dienone is 2. The fraction of sp³-hybridized carbons (Fsp3) is 0.179. The van der Waals surface area contributed by atoms with Crippen LogP contribution in [0.3, 0.4) is 0 Å². The molecule has 10 heteroatoms. The molecule has 4 aromatic heterocycles. The van der Waals surface area contributed by atoms with Gasteiger partial charge in [0.05, 0.1) is 46.4 Å². The summed E-state index contributed by atoms with van der Waals surface area (Å²) in [5, 5.41) is 15.1. The number of nitrogens with two attached hydrogens (primary N) is 1. The smallest absolute Gasteiger partial charge is 0.161 e. The molecule has 0 bridgehead atoms. The van der Waals surface area contributed by atoms with Crippen LogP contribution in [-0.4, -0.2) is 30.2 Å². The first-order valence-corrected chi connectivity index (χ1v) is 12.1. The van der Waals surface area contributed by atoms with Crippen molar-refractivity contribution in [2.75, 3.05) is 16.4 Å². The summed E-state index contributed by atoms with van der Waals surface area (Å²) >= 11 is 0. The van der Waals surface area contributed by atoms with E-state index in [1.165, 1.54) is 12.4 Å². The molecule has 0 aromatic carbocycles. The number of halogens is 1. The standard InChI is InChI=1S/C28H28FN9/c1-15-13-38(14-35-15)28-16(2)23(7-8-33-28)37-18(4)26(31)24-22(30)12-34-27(25(24)29)20-9-21(11-32-10-20)36-17(3)19-5-6-19/h7-14,19,31,36H,3-6,30H2,1-2H3,(H,33,37).